The number of amides is 2. The minimum Gasteiger partial charge on any atom is -0.337 e. The number of nitrogens with zero attached hydrogens (tertiary/aromatic N) is 2. The SMILES string of the molecule is Cc1ccccc1C(=O)N1CCCN(C(=O)c2ccccc2Br)CC1. The summed E-state index contributed by atoms with van der Waals surface area (Å²) in [6.07, 6.45) is 0.786. The summed E-state index contributed by atoms with van der Waals surface area (Å²) >= 11 is 3.44. The average molecular weight is 401 g/mol. The van der Waals surface area contributed by atoms with E-state index in [1.54, 1.807) is 0 Å². The quantitative estimate of drug-likeness (QED) is 0.769. The molecule has 25 heavy (non-hydrogen) atoms. The van der Waals surface area contributed by atoms with Crippen LogP contribution in [0.3, 0.4) is 0 Å². The molecule has 0 N–H and O–H groups in total. The third kappa shape index (κ3) is 3.93. The highest BCUT2D eigenvalue weighted by molar-refractivity contribution is 9.10. The minimum atomic E-state index is 0.0117. The first-order valence-corrected chi connectivity index (χ1v) is 9.26. The molecule has 2 aromatic rings. The van der Waals surface area contributed by atoms with Gasteiger partial charge in [-0.15, -0.1) is 0 Å². The van der Waals surface area contributed by atoms with E-state index in [2.05, 4.69) is 15.9 Å². The van der Waals surface area contributed by atoms with E-state index in [-0.39, 0.29) is 11.8 Å². The molecule has 0 bridgehead atoms. The first kappa shape index (κ1) is 17.7. The van der Waals surface area contributed by atoms with Gasteiger partial charge in [-0.25, -0.2) is 0 Å². The van der Waals surface area contributed by atoms with Crippen LogP contribution in [0.5, 0.6) is 0 Å². The van der Waals surface area contributed by atoms with Gasteiger partial charge >= 0.3 is 0 Å². The van der Waals surface area contributed by atoms with E-state index in [4.69, 9.17) is 0 Å². The second-order valence-corrected chi connectivity index (χ2v) is 7.09. The first-order valence-electron chi connectivity index (χ1n) is 8.46. The third-order valence-corrected chi connectivity index (χ3v) is 5.24. The molecular weight excluding hydrogens is 380 g/mol. The van der Waals surface area contributed by atoms with Gasteiger partial charge in [-0.3, -0.25) is 9.59 Å². The Kier molecular flexibility index (Phi) is 5.53. The van der Waals surface area contributed by atoms with Crippen molar-refractivity contribution in [1.29, 1.82) is 0 Å². The lowest BCUT2D eigenvalue weighted by Gasteiger charge is -2.23. The summed E-state index contributed by atoms with van der Waals surface area (Å²) in [4.78, 5) is 29.3. The molecule has 0 aliphatic carbocycles. The molecule has 0 aromatic heterocycles. The fourth-order valence-corrected chi connectivity index (χ4v) is 3.57. The molecule has 130 valence electrons. The van der Waals surface area contributed by atoms with Crippen LogP contribution in [-0.4, -0.2) is 47.8 Å². The van der Waals surface area contributed by atoms with Crippen molar-refractivity contribution in [1.82, 2.24) is 9.80 Å². The molecule has 1 aliphatic rings. The second-order valence-electron chi connectivity index (χ2n) is 6.23. The van der Waals surface area contributed by atoms with E-state index in [9.17, 15) is 9.59 Å². The number of rotatable bonds is 2. The first-order chi connectivity index (χ1) is 12.1. The molecule has 0 atom stereocenters. The number of halogens is 1. The summed E-state index contributed by atoms with van der Waals surface area (Å²) in [6.45, 7) is 4.40. The molecule has 2 aromatic carbocycles. The van der Waals surface area contributed by atoms with Crippen molar-refractivity contribution >= 4 is 27.7 Å². The Balaban J connectivity index is 1.70. The standard InChI is InChI=1S/C20H21BrN2O2/c1-15-7-2-3-8-16(15)19(24)22-11-6-12-23(14-13-22)20(25)17-9-4-5-10-18(17)21/h2-5,7-10H,6,11-14H2,1H3. The third-order valence-electron chi connectivity index (χ3n) is 4.55. The van der Waals surface area contributed by atoms with Crippen LogP contribution in [0, 0.1) is 6.92 Å². The van der Waals surface area contributed by atoms with Crippen LogP contribution in [0.25, 0.3) is 0 Å². The molecule has 0 unspecified atom stereocenters. The Morgan fingerprint density at radius 3 is 1.92 bits per heavy atom. The summed E-state index contributed by atoms with van der Waals surface area (Å²) in [7, 11) is 0. The number of hydrogen-bond acceptors (Lipinski definition) is 2. The summed E-state index contributed by atoms with van der Waals surface area (Å²) in [5, 5.41) is 0. The molecule has 0 saturated carbocycles. The van der Waals surface area contributed by atoms with Crippen molar-refractivity contribution in [3.8, 4) is 0 Å². The highest BCUT2D eigenvalue weighted by Crippen LogP contribution is 2.19. The van der Waals surface area contributed by atoms with Gasteiger partial charge in [-0.1, -0.05) is 30.3 Å². The van der Waals surface area contributed by atoms with Crippen molar-refractivity contribution in [2.75, 3.05) is 26.2 Å². The van der Waals surface area contributed by atoms with Crippen molar-refractivity contribution in [3.05, 3.63) is 69.7 Å². The Labute approximate surface area is 156 Å². The minimum absolute atomic E-state index is 0.0117. The van der Waals surface area contributed by atoms with Crippen LogP contribution >= 0.6 is 15.9 Å². The normalized spacial score (nSPS) is 15.0. The Hall–Kier alpha value is -2.14. The highest BCUT2D eigenvalue weighted by Gasteiger charge is 2.24. The molecular formula is C20H21BrN2O2. The predicted molar refractivity (Wildman–Crippen MR) is 102 cm³/mol. The van der Waals surface area contributed by atoms with Crippen molar-refractivity contribution in [2.45, 2.75) is 13.3 Å². The molecule has 1 fully saturated rings. The molecule has 1 heterocycles. The zero-order chi connectivity index (χ0) is 17.8. The maximum Gasteiger partial charge on any atom is 0.255 e. The van der Waals surface area contributed by atoms with Crippen LogP contribution in [0.4, 0.5) is 0 Å². The monoisotopic (exact) mass is 400 g/mol. The summed E-state index contributed by atoms with van der Waals surface area (Å²) in [5.74, 6) is 0.0611. The lowest BCUT2D eigenvalue weighted by atomic mass is 10.1. The molecule has 1 saturated heterocycles. The van der Waals surface area contributed by atoms with Crippen molar-refractivity contribution in [2.24, 2.45) is 0 Å². The maximum absolute atomic E-state index is 12.8. The molecule has 4 nitrogen and oxygen atoms in total. The molecule has 0 spiro atoms. The molecule has 3 rings (SSSR count). The smallest absolute Gasteiger partial charge is 0.255 e. The van der Waals surface area contributed by atoms with E-state index >= 15 is 0 Å². The number of hydrogen-bond donors (Lipinski definition) is 0. The van der Waals surface area contributed by atoms with Gasteiger partial charge in [0.05, 0.1) is 5.56 Å². The molecule has 2 amide bonds. The largest absolute Gasteiger partial charge is 0.337 e. The summed E-state index contributed by atoms with van der Waals surface area (Å²) < 4.78 is 0.803. The van der Waals surface area contributed by atoms with Gasteiger partial charge in [-0.2, -0.15) is 0 Å². The van der Waals surface area contributed by atoms with Crippen molar-refractivity contribution in [3.63, 3.8) is 0 Å². The van der Waals surface area contributed by atoms with E-state index < -0.39 is 0 Å². The fourth-order valence-electron chi connectivity index (χ4n) is 3.11. The summed E-state index contributed by atoms with van der Waals surface area (Å²) in [5.41, 5.74) is 2.40. The van der Waals surface area contributed by atoms with E-state index in [0.717, 1.165) is 22.0 Å². The Bertz CT molecular complexity index is 725. The van der Waals surface area contributed by atoms with Crippen LogP contribution < -0.4 is 0 Å². The van der Waals surface area contributed by atoms with Crippen molar-refractivity contribution < 1.29 is 9.59 Å². The number of aryl methyl sites for hydroxylation is 1. The lowest BCUT2D eigenvalue weighted by molar-refractivity contribution is 0.0718. The second kappa shape index (κ2) is 7.83. The van der Waals surface area contributed by atoms with E-state index in [1.165, 1.54) is 0 Å². The van der Waals surface area contributed by atoms with Gasteiger partial charge in [0.25, 0.3) is 11.8 Å². The Morgan fingerprint density at radius 1 is 0.800 bits per heavy atom. The van der Waals surface area contributed by atoms with Crippen LogP contribution in [0.1, 0.15) is 32.7 Å². The van der Waals surface area contributed by atoms with E-state index in [0.29, 0.717) is 31.7 Å². The maximum atomic E-state index is 12.8. The van der Waals surface area contributed by atoms with Gasteiger partial charge in [0, 0.05) is 36.2 Å². The van der Waals surface area contributed by atoms with Gasteiger partial charge in [-0.05, 0) is 53.0 Å². The fraction of sp³-hybridized carbons (Fsp3) is 0.300. The predicted octanol–water partition coefficient (Wildman–Crippen LogP) is 3.75. The molecule has 1 aliphatic heterocycles. The van der Waals surface area contributed by atoms with Crippen LogP contribution in [0.15, 0.2) is 53.0 Å². The van der Waals surface area contributed by atoms with E-state index in [1.807, 2.05) is 65.3 Å². The van der Waals surface area contributed by atoms with Crippen LogP contribution in [-0.2, 0) is 0 Å². The Morgan fingerprint density at radius 2 is 1.32 bits per heavy atom. The van der Waals surface area contributed by atoms with Gasteiger partial charge < -0.3 is 9.80 Å². The molecule has 0 radical (unpaired) electrons. The highest BCUT2D eigenvalue weighted by atomic mass is 79.9. The number of benzene rings is 2. The topological polar surface area (TPSA) is 40.6 Å². The number of carbonyl (C=O) groups excluding carboxylic acids is 2. The van der Waals surface area contributed by atoms with Gasteiger partial charge in [0.2, 0.25) is 0 Å². The zero-order valence-electron chi connectivity index (χ0n) is 14.2. The number of carbonyl (C=O) groups is 2. The van der Waals surface area contributed by atoms with Crippen LogP contribution in [0.2, 0.25) is 0 Å². The zero-order valence-corrected chi connectivity index (χ0v) is 15.8. The summed E-state index contributed by atoms with van der Waals surface area (Å²) in [6, 6.07) is 15.1. The van der Waals surface area contributed by atoms with Gasteiger partial charge in [0.15, 0.2) is 0 Å². The molecule has 5 heteroatoms. The van der Waals surface area contributed by atoms with Gasteiger partial charge in [0.1, 0.15) is 0 Å². The lowest BCUT2D eigenvalue weighted by Crippen LogP contribution is -2.37. The average Bonchev–Trinajstić information content (AvgIpc) is 2.87.